The monoisotopic (exact) mass is 542 g/mol. The van der Waals surface area contributed by atoms with Crippen LogP contribution in [0.25, 0.3) is 32.5 Å². The van der Waals surface area contributed by atoms with Gasteiger partial charge in [0.25, 0.3) is 0 Å². The average Bonchev–Trinajstić information content (AvgIpc) is 3.36. The second kappa shape index (κ2) is 12.4. The van der Waals surface area contributed by atoms with Crippen molar-refractivity contribution in [1.29, 1.82) is 0 Å². The molecule has 4 rings (SSSR count). The molecule has 0 N–H and O–H groups in total. The van der Waals surface area contributed by atoms with Crippen LogP contribution in [0.3, 0.4) is 0 Å². The average molecular weight is 543 g/mol. The van der Waals surface area contributed by atoms with Crippen molar-refractivity contribution >= 4 is 38.1 Å². The Morgan fingerprint density at radius 2 is 1.05 bits per heavy atom. The standard InChI is InChI=1S/C34H46N4S/c1-10-36(11-2)26-16-18-28(23(7)20-26)30-22-25(9)31(32-33(30)39-34(35-32)38(14-5)15-6)29-19-17-27(21-24(29)8)37(12-3)13-4/h16-22H,10-15H2,1-9H3. The maximum atomic E-state index is 5.34. The van der Waals surface area contributed by atoms with Gasteiger partial charge in [0.2, 0.25) is 0 Å². The molecule has 4 aromatic rings. The Kier molecular flexibility index (Phi) is 9.22. The van der Waals surface area contributed by atoms with Crippen LogP contribution in [0.15, 0.2) is 42.5 Å². The maximum absolute atomic E-state index is 5.34. The first kappa shape index (κ1) is 28.9. The van der Waals surface area contributed by atoms with Crippen molar-refractivity contribution in [2.24, 2.45) is 0 Å². The van der Waals surface area contributed by atoms with E-state index in [1.807, 2.05) is 11.3 Å². The summed E-state index contributed by atoms with van der Waals surface area (Å²) in [5.41, 5.74) is 12.7. The van der Waals surface area contributed by atoms with E-state index in [4.69, 9.17) is 4.98 Å². The Balaban J connectivity index is 1.95. The fourth-order valence-electron chi connectivity index (χ4n) is 5.82. The molecule has 0 atom stereocenters. The van der Waals surface area contributed by atoms with Gasteiger partial charge in [0.05, 0.1) is 10.2 Å². The van der Waals surface area contributed by atoms with Gasteiger partial charge in [0.15, 0.2) is 5.13 Å². The summed E-state index contributed by atoms with van der Waals surface area (Å²) >= 11 is 1.84. The predicted octanol–water partition coefficient (Wildman–Crippen LogP) is 9.09. The molecular weight excluding hydrogens is 496 g/mol. The Bertz CT molecular complexity index is 1430. The lowest BCUT2D eigenvalue weighted by molar-refractivity contribution is 0.862. The van der Waals surface area contributed by atoms with E-state index in [2.05, 4.69) is 119 Å². The summed E-state index contributed by atoms with van der Waals surface area (Å²) in [6.45, 7) is 26.0. The Morgan fingerprint density at radius 3 is 1.51 bits per heavy atom. The Labute approximate surface area is 240 Å². The molecule has 3 aromatic carbocycles. The van der Waals surface area contributed by atoms with Crippen LogP contribution in [0.5, 0.6) is 0 Å². The first-order valence-corrected chi connectivity index (χ1v) is 15.5. The molecule has 0 bridgehead atoms. The van der Waals surface area contributed by atoms with Crippen LogP contribution in [-0.4, -0.2) is 44.3 Å². The summed E-state index contributed by atoms with van der Waals surface area (Å²) in [4.78, 5) is 12.5. The number of anilines is 3. The van der Waals surface area contributed by atoms with Crippen LogP contribution in [-0.2, 0) is 0 Å². The highest BCUT2D eigenvalue weighted by molar-refractivity contribution is 7.22. The molecule has 1 heterocycles. The zero-order valence-corrected chi connectivity index (χ0v) is 26.3. The largest absolute Gasteiger partial charge is 0.372 e. The van der Waals surface area contributed by atoms with Crippen molar-refractivity contribution in [2.75, 3.05) is 54.0 Å². The Hall–Kier alpha value is -3.05. The van der Waals surface area contributed by atoms with Crippen LogP contribution in [0.1, 0.15) is 58.2 Å². The van der Waals surface area contributed by atoms with E-state index in [9.17, 15) is 0 Å². The molecule has 4 nitrogen and oxygen atoms in total. The molecule has 0 fully saturated rings. The number of hydrogen-bond acceptors (Lipinski definition) is 5. The molecule has 0 spiro atoms. The lowest BCUT2D eigenvalue weighted by Crippen LogP contribution is -2.21. The van der Waals surface area contributed by atoms with Crippen molar-refractivity contribution in [3.05, 3.63) is 59.2 Å². The summed E-state index contributed by atoms with van der Waals surface area (Å²) in [6.07, 6.45) is 0. The number of aromatic nitrogens is 1. The molecule has 0 aliphatic rings. The zero-order valence-electron chi connectivity index (χ0n) is 25.5. The van der Waals surface area contributed by atoms with Crippen molar-refractivity contribution in [1.82, 2.24) is 4.98 Å². The van der Waals surface area contributed by atoms with Gasteiger partial charge in [-0.1, -0.05) is 23.5 Å². The third-order valence-electron chi connectivity index (χ3n) is 8.12. The second-order valence-corrected chi connectivity index (χ2v) is 11.3. The molecule has 0 saturated heterocycles. The number of benzene rings is 3. The molecule has 0 unspecified atom stereocenters. The van der Waals surface area contributed by atoms with E-state index >= 15 is 0 Å². The van der Waals surface area contributed by atoms with Gasteiger partial charge in [-0.25, -0.2) is 4.98 Å². The third kappa shape index (κ3) is 5.51. The van der Waals surface area contributed by atoms with Gasteiger partial charge >= 0.3 is 0 Å². The molecule has 39 heavy (non-hydrogen) atoms. The predicted molar refractivity (Wildman–Crippen MR) is 175 cm³/mol. The number of aryl methyl sites for hydroxylation is 3. The van der Waals surface area contributed by atoms with Crippen molar-refractivity contribution < 1.29 is 0 Å². The molecule has 0 radical (unpaired) electrons. The normalized spacial score (nSPS) is 11.3. The number of rotatable bonds is 11. The number of nitrogens with zero attached hydrogens (tertiary/aromatic N) is 4. The van der Waals surface area contributed by atoms with E-state index in [1.165, 1.54) is 55.0 Å². The smallest absolute Gasteiger partial charge is 0.186 e. The fourth-order valence-corrected chi connectivity index (χ4v) is 7.05. The van der Waals surface area contributed by atoms with Gasteiger partial charge in [-0.05, 0) is 120 Å². The lowest BCUT2D eigenvalue weighted by atomic mass is 9.90. The summed E-state index contributed by atoms with van der Waals surface area (Å²) < 4.78 is 1.28. The van der Waals surface area contributed by atoms with Crippen LogP contribution in [0, 0.1) is 20.8 Å². The fraction of sp³-hybridized carbons (Fsp3) is 0.441. The van der Waals surface area contributed by atoms with Gasteiger partial charge in [0.1, 0.15) is 0 Å². The summed E-state index contributed by atoms with van der Waals surface area (Å²) in [6, 6.07) is 16.3. The molecule has 5 heteroatoms. The third-order valence-corrected chi connectivity index (χ3v) is 9.27. The summed E-state index contributed by atoms with van der Waals surface area (Å²) in [7, 11) is 0. The minimum atomic E-state index is 0.954. The van der Waals surface area contributed by atoms with Crippen molar-refractivity contribution in [3.63, 3.8) is 0 Å². The summed E-state index contributed by atoms with van der Waals surface area (Å²) in [5.74, 6) is 0. The molecule has 0 saturated carbocycles. The molecule has 0 amide bonds. The molecular formula is C34H46N4S. The first-order valence-electron chi connectivity index (χ1n) is 14.7. The first-order chi connectivity index (χ1) is 18.8. The zero-order chi connectivity index (χ0) is 28.3. The van der Waals surface area contributed by atoms with E-state index in [-0.39, 0.29) is 0 Å². The Morgan fingerprint density at radius 1 is 0.564 bits per heavy atom. The van der Waals surface area contributed by atoms with Gasteiger partial charge < -0.3 is 14.7 Å². The summed E-state index contributed by atoms with van der Waals surface area (Å²) in [5, 5.41) is 1.11. The molecule has 208 valence electrons. The SMILES string of the molecule is CCN(CC)c1ccc(-c2c(C)cc(-c3ccc(N(CC)CC)cc3C)c3sc(N(CC)CC)nc23)c(C)c1. The van der Waals surface area contributed by atoms with Gasteiger partial charge in [-0.15, -0.1) is 0 Å². The minimum Gasteiger partial charge on any atom is -0.372 e. The van der Waals surface area contributed by atoms with Gasteiger partial charge in [-0.2, -0.15) is 0 Å². The van der Waals surface area contributed by atoms with E-state index in [0.29, 0.717) is 0 Å². The van der Waals surface area contributed by atoms with Gasteiger partial charge in [-0.3, -0.25) is 0 Å². The molecule has 0 aliphatic carbocycles. The quantitative estimate of drug-likeness (QED) is 0.188. The van der Waals surface area contributed by atoms with Crippen LogP contribution in [0.2, 0.25) is 0 Å². The van der Waals surface area contributed by atoms with Crippen LogP contribution < -0.4 is 14.7 Å². The number of thiazole rings is 1. The van der Waals surface area contributed by atoms with E-state index in [1.54, 1.807) is 0 Å². The maximum Gasteiger partial charge on any atom is 0.186 e. The minimum absolute atomic E-state index is 0.954. The van der Waals surface area contributed by atoms with Crippen LogP contribution in [0.4, 0.5) is 16.5 Å². The highest BCUT2D eigenvalue weighted by atomic mass is 32.1. The molecule has 0 aliphatic heterocycles. The van der Waals surface area contributed by atoms with E-state index in [0.717, 1.165) is 49.9 Å². The highest BCUT2D eigenvalue weighted by Gasteiger charge is 2.21. The van der Waals surface area contributed by atoms with Crippen molar-refractivity contribution in [2.45, 2.75) is 62.3 Å². The van der Waals surface area contributed by atoms with Crippen LogP contribution >= 0.6 is 11.3 Å². The lowest BCUT2D eigenvalue weighted by Gasteiger charge is -2.23. The number of fused-ring (bicyclic) bond motifs is 1. The van der Waals surface area contributed by atoms with Gasteiger partial charge in [0, 0.05) is 61.8 Å². The molecule has 1 aromatic heterocycles. The number of hydrogen-bond donors (Lipinski definition) is 0. The van der Waals surface area contributed by atoms with E-state index < -0.39 is 0 Å². The second-order valence-electron chi connectivity index (χ2n) is 10.3. The highest BCUT2D eigenvalue weighted by Crippen LogP contribution is 2.45. The van der Waals surface area contributed by atoms with Crippen molar-refractivity contribution in [3.8, 4) is 22.3 Å². The topological polar surface area (TPSA) is 22.6 Å².